The lowest BCUT2D eigenvalue weighted by molar-refractivity contribution is -0.00457. The highest BCUT2D eigenvalue weighted by Gasteiger charge is 2.36. The van der Waals surface area contributed by atoms with Crippen LogP contribution in [0.1, 0.15) is 46.5 Å². The van der Waals surface area contributed by atoms with Crippen molar-refractivity contribution >= 4 is 0 Å². The summed E-state index contributed by atoms with van der Waals surface area (Å²) in [5, 5.41) is 13.3. The minimum absolute atomic E-state index is 0.166. The van der Waals surface area contributed by atoms with E-state index < -0.39 is 0 Å². The van der Waals surface area contributed by atoms with E-state index in [2.05, 4.69) is 35.9 Å². The highest BCUT2D eigenvalue weighted by Crippen LogP contribution is 2.25. The zero-order valence-electron chi connectivity index (χ0n) is 13.6. The molecule has 0 aromatic rings. The summed E-state index contributed by atoms with van der Waals surface area (Å²) < 4.78 is 0. The Bertz CT molecular complexity index is 299. The van der Waals surface area contributed by atoms with Gasteiger partial charge in [-0.05, 0) is 46.2 Å². The summed E-state index contributed by atoms with van der Waals surface area (Å²) in [5.74, 6) is 0. The van der Waals surface area contributed by atoms with E-state index in [1.165, 1.54) is 38.9 Å². The zero-order valence-corrected chi connectivity index (χ0v) is 13.6. The summed E-state index contributed by atoms with van der Waals surface area (Å²) in [5.41, 5.74) is -0.166. The first-order chi connectivity index (χ1) is 9.58. The smallest absolute Gasteiger partial charge is 0.0623 e. The van der Waals surface area contributed by atoms with E-state index in [-0.39, 0.29) is 12.1 Å². The van der Waals surface area contributed by atoms with Crippen LogP contribution in [0.2, 0.25) is 0 Å². The van der Waals surface area contributed by atoms with Gasteiger partial charge in [-0.3, -0.25) is 9.80 Å². The van der Waals surface area contributed by atoms with Crippen molar-refractivity contribution in [3.05, 3.63) is 0 Å². The molecule has 0 aromatic carbocycles. The van der Waals surface area contributed by atoms with Crippen molar-refractivity contribution in [1.29, 1.82) is 0 Å². The maximum Gasteiger partial charge on any atom is 0.0623 e. The van der Waals surface area contributed by atoms with Crippen molar-refractivity contribution in [2.24, 2.45) is 0 Å². The SMILES string of the molecule is CCCNC(C)(CO)CN1CC2CCCCN2CC1C. The maximum absolute atomic E-state index is 9.76. The predicted octanol–water partition coefficient (Wildman–Crippen LogP) is 1.30. The fourth-order valence-corrected chi connectivity index (χ4v) is 3.67. The van der Waals surface area contributed by atoms with Crippen LogP contribution >= 0.6 is 0 Å². The minimum atomic E-state index is -0.166. The Hall–Kier alpha value is -0.160. The number of nitrogens with one attached hydrogen (secondary N) is 1. The summed E-state index contributed by atoms with van der Waals surface area (Å²) in [6.45, 7) is 12.5. The number of aliphatic hydroxyl groups is 1. The molecule has 0 amide bonds. The van der Waals surface area contributed by atoms with Gasteiger partial charge in [0.15, 0.2) is 0 Å². The molecule has 3 unspecified atom stereocenters. The third-order valence-electron chi connectivity index (χ3n) is 5.02. The van der Waals surface area contributed by atoms with Gasteiger partial charge < -0.3 is 10.4 Å². The summed E-state index contributed by atoms with van der Waals surface area (Å²) in [6.07, 6.45) is 5.22. The fraction of sp³-hybridized carbons (Fsp3) is 1.00. The van der Waals surface area contributed by atoms with Crippen LogP contribution in [0.4, 0.5) is 0 Å². The van der Waals surface area contributed by atoms with Crippen LogP contribution in [-0.4, -0.2) is 71.9 Å². The summed E-state index contributed by atoms with van der Waals surface area (Å²) in [4.78, 5) is 5.27. The van der Waals surface area contributed by atoms with Gasteiger partial charge in [-0.2, -0.15) is 0 Å². The van der Waals surface area contributed by atoms with Gasteiger partial charge in [0.1, 0.15) is 0 Å². The molecule has 0 aliphatic carbocycles. The Morgan fingerprint density at radius 2 is 2.10 bits per heavy atom. The largest absolute Gasteiger partial charge is 0.394 e. The highest BCUT2D eigenvalue weighted by molar-refractivity contribution is 4.94. The lowest BCUT2D eigenvalue weighted by atomic mass is 9.94. The molecule has 118 valence electrons. The van der Waals surface area contributed by atoms with E-state index in [4.69, 9.17) is 0 Å². The van der Waals surface area contributed by atoms with Crippen LogP contribution in [0.5, 0.6) is 0 Å². The van der Waals surface area contributed by atoms with Crippen molar-refractivity contribution in [1.82, 2.24) is 15.1 Å². The monoisotopic (exact) mass is 283 g/mol. The molecule has 20 heavy (non-hydrogen) atoms. The average molecular weight is 283 g/mol. The zero-order chi connectivity index (χ0) is 14.6. The molecule has 2 aliphatic heterocycles. The number of fused-ring (bicyclic) bond motifs is 1. The molecule has 2 fully saturated rings. The first kappa shape index (κ1) is 16.2. The molecule has 4 heteroatoms. The molecule has 2 aliphatic rings. The number of nitrogens with zero attached hydrogens (tertiary/aromatic N) is 2. The Kier molecular flexibility index (Phi) is 5.84. The quantitative estimate of drug-likeness (QED) is 0.771. The van der Waals surface area contributed by atoms with E-state index in [1.807, 2.05) is 0 Å². The standard InChI is InChI=1S/C16H33N3O/c1-4-8-17-16(3,13-20)12-19-11-15-7-5-6-9-18(15)10-14(19)2/h14-15,17,20H,4-13H2,1-3H3. The topological polar surface area (TPSA) is 38.7 Å². The molecule has 0 spiro atoms. The maximum atomic E-state index is 9.76. The van der Waals surface area contributed by atoms with Crippen molar-refractivity contribution in [3.8, 4) is 0 Å². The van der Waals surface area contributed by atoms with Gasteiger partial charge in [0.05, 0.1) is 12.1 Å². The van der Waals surface area contributed by atoms with Gasteiger partial charge in [-0.25, -0.2) is 0 Å². The molecule has 2 heterocycles. The lowest BCUT2D eigenvalue weighted by Crippen LogP contribution is -2.63. The van der Waals surface area contributed by atoms with Crippen LogP contribution in [0, 0.1) is 0 Å². The lowest BCUT2D eigenvalue weighted by Gasteiger charge is -2.49. The van der Waals surface area contributed by atoms with Crippen molar-refractivity contribution < 1.29 is 5.11 Å². The molecule has 2 saturated heterocycles. The normalized spacial score (nSPS) is 31.8. The van der Waals surface area contributed by atoms with Gasteiger partial charge in [-0.1, -0.05) is 13.3 Å². The second-order valence-electron chi connectivity index (χ2n) is 7.07. The molecule has 3 atom stereocenters. The van der Waals surface area contributed by atoms with Crippen LogP contribution < -0.4 is 5.32 Å². The second-order valence-corrected chi connectivity index (χ2v) is 7.07. The summed E-state index contributed by atoms with van der Waals surface area (Å²) in [6, 6.07) is 1.34. The number of piperidine rings is 1. The minimum Gasteiger partial charge on any atom is -0.394 e. The summed E-state index contributed by atoms with van der Waals surface area (Å²) in [7, 11) is 0. The number of hydrogen-bond acceptors (Lipinski definition) is 4. The molecule has 4 nitrogen and oxygen atoms in total. The Labute approximate surface area is 124 Å². The van der Waals surface area contributed by atoms with Crippen molar-refractivity contribution in [2.75, 3.05) is 39.3 Å². The van der Waals surface area contributed by atoms with E-state index in [0.29, 0.717) is 6.04 Å². The first-order valence-electron chi connectivity index (χ1n) is 8.42. The molecular formula is C16H33N3O. The van der Waals surface area contributed by atoms with Crippen LogP contribution in [0.25, 0.3) is 0 Å². The molecule has 0 aromatic heterocycles. The molecule has 0 bridgehead atoms. The predicted molar refractivity (Wildman–Crippen MR) is 84.0 cm³/mol. The van der Waals surface area contributed by atoms with E-state index in [0.717, 1.165) is 25.6 Å². The van der Waals surface area contributed by atoms with Crippen LogP contribution in [0.3, 0.4) is 0 Å². The fourth-order valence-electron chi connectivity index (χ4n) is 3.67. The number of piperazine rings is 1. The van der Waals surface area contributed by atoms with E-state index in [1.54, 1.807) is 0 Å². The van der Waals surface area contributed by atoms with E-state index in [9.17, 15) is 5.11 Å². The van der Waals surface area contributed by atoms with Crippen molar-refractivity contribution in [3.63, 3.8) is 0 Å². The highest BCUT2D eigenvalue weighted by atomic mass is 16.3. The molecule has 2 rings (SSSR count). The van der Waals surface area contributed by atoms with Gasteiger partial charge in [0, 0.05) is 31.7 Å². The molecular weight excluding hydrogens is 250 g/mol. The second kappa shape index (κ2) is 7.21. The molecule has 2 N–H and O–H groups in total. The van der Waals surface area contributed by atoms with Crippen molar-refractivity contribution in [2.45, 2.75) is 64.1 Å². The van der Waals surface area contributed by atoms with E-state index >= 15 is 0 Å². The number of aliphatic hydroxyl groups excluding tert-OH is 1. The Balaban J connectivity index is 1.93. The Morgan fingerprint density at radius 1 is 1.30 bits per heavy atom. The van der Waals surface area contributed by atoms with Gasteiger partial charge in [0.25, 0.3) is 0 Å². The van der Waals surface area contributed by atoms with Gasteiger partial charge in [-0.15, -0.1) is 0 Å². The Morgan fingerprint density at radius 3 is 2.80 bits per heavy atom. The van der Waals surface area contributed by atoms with Gasteiger partial charge in [0.2, 0.25) is 0 Å². The average Bonchev–Trinajstić information content (AvgIpc) is 2.46. The summed E-state index contributed by atoms with van der Waals surface area (Å²) >= 11 is 0. The molecule has 0 radical (unpaired) electrons. The molecule has 0 saturated carbocycles. The first-order valence-corrected chi connectivity index (χ1v) is 8.42. The third kappa shape index (κ3) is 3.94. The number of hydrogen-bond donors (Lipinski definition) is 2. The van der Waals surface area contributed by atoms with Crippen LogP contribution in [0.15, 0.2) is 0 Å². The van der Waals surface area contributed by atoms with Crippen LogP contribution in [-0.2, 0) is 0 Å². The third-order valence-corrected chi connectivity index (χ3v) is 5.02. The number of rotatable bonds is 6. The van der Waals surface area contributed by atoms with Gasteiger partial charge >= 0.3 is 0 Å².